The Morgan fingerprint density at radius 3 is 2.57 bits per heavy atom. The number of hydrogen-bond donors (Lipinski definition) is 0. The fourth-order valence-corrected chi connectivity index (χ4v) is 4.23. The number of hydrogen-bond acceptors (Lipinski definition) is 0. The van der Waals surface area contributed by atoms with E-state index in [1.807, 2.05) is 0 Å². The minimum absolute atomic E-state index is 0. The summed E-state index contributed by atoms with van der Waals surface area (Å²) in [5.74, 6) is 0.444. The molecule has 0 fully saturated rings. The maximum atomic E-state index is 2.34. The minimum Gasteiger partial charge on any atom is -1.00 e. The molecule has 1 atom stereocenters. The van der Waals surface area contributed by atoms with Crippen LogP contribution in [0.25, 0.3) is 11.1 Å². The molecule has 1 nitrogen and oxygen atoms in total. The van der Waals surface area contributed by atoms with Gasteiger partial charge in [-0.3, -0.25) is 0 Å². The molecule has 0 amide bonds. The Kier molecular flexibility index (Phi) is 5.03. The molecule has 0 aliphatic heterocycles. The van der Waals surface area contributed by atoms with Gasteiger partial charge in [0.05, 0.1) is 0 Å². The molecule has 1 heterocycles. The average molecular weight is 394 g/mol. The molecule has 2 aliphatic rings. The molecule has 21 heavy (non-hydrogen) atoms. The van der Waals surface area contributed by atoms with Gasteiger partial charge in [0.2, 0.25) is 0 Å². The van der Waals surface area contributed by atoms with Crippen molar-refractivity contribution >= 4 is 0 Å². The van der Waals surface area contributed by atoms with Crippen LogP contribution in [0.1, 0.15) is 23.6 Å². The number of aromatic nitrogens is 1. The first kappa shape index (κ1) is 16.8. The summed E-state index contributed by atoms with van der Waals surface area (Å²) in [5, 5.41) is 0. The van der Waals surface area contributed by atoms with Crippen molar-refractivity contribution in [2.24, 2.45) is 7.05 Å². The molecule has 0 N–H and O–H groups in total. The number of benzene rings is 1. The zero-order chi connectivity index (χ0) is 13.0. The Hall–Kier alpha value is -0.557. The number of aryl methyl sites for hydroxylation is 1. The van der Waals surface area contributed by atoms with Crippen LogP contribution in [0, 0.1) is 0 Å². The molecule has 0 bridgehead atoms. The summed E-state index contributed by atoms with van der Waals surface area (Å²) in [5.41, 5.74) is 7.30. The van der Waals surface area contributed by atoms with Gasteiger partial charge in [-0.05, 0) is 0 Å². The van der Waals surface area contributed by atoms with E-state index in [2.05, 4.69) is 60.3 Å². The van der Waals surface area contributed by atoms with Gasteiger partial charge in [0.15, 0.2) is 0 Å². The Morgan fingerprint density at radius 1 is 1.10 bits per heavy atom. The fraction of sp³-hybridized carbons (Fsp3) is 0.176. The largest absolute Gasteiger partial charge is 1.00 e. The summed E-state index contributed by atoms with van der Waals surface area (Å²) >= 11 is 1.55. The molecule has 4 heteroatoms. The van der Waals surface area contributed by atoms with Crippen molar-refractivity contribution in [1.82, 2.24) is 4.57 Å². The summed E-state index contributed by atoms with van der Waals surface area (Å²) in [4.78, 5) is 0. The van der Waals surface area contributed by atoms with Gasteiger partial charge < -0.3 is 24.8 Å². The first-order chi connectivity index (χ1) is 9.27. The molecule has 0 saturated carbocycles. The number of nitrogens with zero attached hydrogens (tertiary/aromatic N) is 1. The van der Waals surface area contributed by atoms with E-state index < -0.39 is 0 Å². The molecule has 1 aromatic carbocycles. The van der Waals surface area contributed by atoms with Gasteiger partial charge in [-0.1, -0.05) is 0 Å². The van der Waals surface area contributed by atoms with E-state index in [0.29, 0.717) is 5.92 Å². The van der Waals surface area contributed by atoms with Gasteiger partial charge in [-0.2, -0.15) is 0 Å². The van der Waals surface area contributed by atoms with E-state index >= 15 is 0 Å². The van der Waals surface area contributed by atoms with E-state index in [1.54, 1.807) is 28.0 Å². The van der Waals surface area contributed by atoms with E-state index in [0.717, 1.165) is 6.42 Å². The summed E-state index contributed by atoms with van der Waals surface area (Å²) in [7, 11) is 2.17. The van der Waals surface area contributed by atoms with E-state index in [-0.39, 0.29) is 24.8 Å². The second-order valence-corrected chi connectivity index (χ2v) is 6.77. The average Bonchev–Trinajstić information content (AvgIpc) is 3.07. The first-order valence-corrected chi connectivity index (χ1v) is 7.86. The van der Waals surface area contributed by atoms with Crippen molar-refractivity contribution in [2.75, 3.05) is 0 Å². The SMILES string of the molecule is Cn1ccc2c1C(C1=[C]([Zr+2])CC=C1)c1ccccc1-2.[Cl-].[Cl-]. The third kappa shape index (κ3) is 2.42. The molecule has 1 aromatic heterocycles. The summed E-state index contributed by atoms with van der Waals surface area (Å²) in [6.45, 7) is 0. The summed E-state index contributed by atoms with van der Waals surface area (Å²) in [6.07, 6.45) is 7.98. The smallest absolute Gasteiger partial charge is 1.00 e. The van der Waals surface area contributed by atoms with Gasteiger partial charge in [-0.15, -0.1) is 0 Å². The topological polar surface area (TPSA) is 4.93 Å². The van der Waals surface area contributed by atoms with Crippen molar-refractivity contribution in [1.29, 1.82) is 0 Å². The van der Waals surface area contributed by atoms with Crippen molar-refractivity contribution in [3.05, 3.63) is 68.8 Å². The van der Waals surface area contributed by atoms with Crippen molar-refractivity contribution in [2.45, 2.75) is 12.3 Å². The molecule has 105 valence electrons. The van der Waals surface area contributed by atoms with Crippen LogP contribution in [-0.4, -0.2) is 4.57 Å². The van der Waals surface area contributed by atoms with Gasteiger partial charge in [-0.25, -0.2) is 0 Å². The first-order valence-electron chi connectivity index (χ1n) is 6.63. The normalized spacial score (nSPS) is 18.1. The molecule has 0 saturated heterocycles. The predicted molar refractivity (Wildman–Crippen MR) is 73.5 cm³/mol. The molecule has 0 spiro atoms. The minimum atomic E-state index is 0. The molecular weight excluding hydrogens is 380 g/mol. The third-order valence-electron chi connectivity index (χ3n) is 4.24. The maximum Gasteiger partial charge on any atom is -1.00 e. The second-order valence-electron chi connectivity index (χ2n) is 5.29. The Morgan fingerprint density at radius 2 is 1.86 bits per heavy atom. The molecule has 0 radical (unpaired) electrons. The number of halogens is 2. The van der Waals surface area contributed by atoms with Crippen LogP contribution >= 0.6 is 0 Å². The van der Waals surface area contributed by atoms with E-state index in [1.165, 1.54) is 28.0 Å². The van der Waals surface area contributed by atoms with Crippen LogP contribution in [0.4, 0.5) is 0 Å². The quantitative estimate of drug-likeness (QED) is 0.523. The number of rotatable bonds is 1. The van der Waals surface area contributed by atoms with Crippen molar-refractivity contribution in [3.8, 4) is 11.1 Å². The monoisotopic (exact) mass is 392 g/mol. The fourth-order valence-electron chi connectivity index (χ4n) is 3.38. The third-order valence-corrected chi connectivity index (χ3v) is 5.45. The van der Waals surface area contributed by atoms with Crippen LogP contribution in [0.3, 0.4) is 0 Å². The Balaban J connectivity index is 0.000000807. The summed E-state index contributed by atoms with van der Waals surface area (Å²) in [6, 6.07) is 11.1. The van der Waals surface area contributed by atoms with Gasteiger partial charge in [0.25, 0.3) is 0 Å². The van der Waals surface area contributed by atoms with Crippen molar-refractivity contribution < 1.29 is 49.5 Å². The predicted octanol–water partition coefficient (Wildman–Crippen LogP) is -2.09. The van der Waals surface area contributed by atoms with E-state index in [4.69, 9.17) is 0 Å². The van der Waals surface area contributed by atoms with Gasteiger partial charge in [0.1, 0.15) is 0 Å². The van der Waals surface area contributed by atoms with Crippen molar-refractivity contribution in [3.63, 3.8) is 0 Å². The standard InChI is InChI=1S/C17H14N.2ClH.Zr/c1-18-11-10-15-13-8-4-5-9-14(13)16(17(15)18)12-6-2-3-7-12;;;/h2,4-6,8-11,16H,3H2,1H3;2*1H;/q;;;+2/p-2. The second kappa shape index (κ2) is 6.28. The van der Waals surface area contributed by atoms with Gasteiger partial charge in [0, 0.05) is 0 Å². The van der Waals surface area contributed by atoms with Crippen LogP contribution < -0.4 is 24.8 Å². The zero-order valence-electron chi connectivity index (χ0n) is 11.6. The van der Waals surface area contributed by atoms with Crippen LogP contribution in [0.5, 0.6) is 0 Å². The molecule has 4 rings (SSSR count). The Labute approximate surface area is 152 Å². The zero-order valence-corrected chi connectivity index (χ0v) is 15.6. The molecule has 2 aliphatic carbocycles. The molecule has 2 aromatic rings. The maximum absolute atomic E-state index is 2.34. The molecule has 1 unspecified atom stereocenters. The number of allylic oxidation sites excluding steroid dienone is 4. The van der Waals surface area contributed by atoms with Crippen LogP contribution in [-0.2, 0) is 31.8 Å². The van der Waals surface area contributed by atoms with E-state index in [9.17, 15) is 0 Å². The Bertz CT molecular complexity index is 743. The van der Waals surface area contributed by atoms with Crippen LogP contribution in [0.15, 0.2) is 57.5 Å². The van der Waals surface area contributed by atoms with Crippen LogP contribution in [0.2, 0.25) is 0 Å². The number of fused-ring (bicyclic) bond motifs is 3. The van der Waals surface area contributed by atoms with Gasteiger partial charge >= 0.3 is 129 Å². The molecular formula is C17H14Cl2NZr. The summed E-state index contributed by atoms with van der Waals surface area (Å²) < 4.78 is 3.89.